The van der Waals surface area contributed by atoms with Crippen LogP contribution < -0.4 is 5.32 Å². The van der Waals surface area contributed by atoms with Gasteiger partial charge in [0.2, 0.25) is 0 Å². The fourth-order valence-electron chi connectivity index (χ4n) is 2.44. The number of rotatable bonds is 3. The third-order valence-electron chi connectivity index (χ3n) is 3.59. The summed E-state index contributed by atoms with van der Waals surface area (Å²) < 4.78 is 0. The number of nitrogens with zero attached hydrogens (tertiary/aromatic N) is 1. The van der Waals surface area contributed by atoms with Crippen molar-refractivity contribution in [1.82, 2.24) is 10.3 Å². The Morgan fingerprint density at radius 3 is 2.80 bits per heavy atom. The summed E-state index contributed by atoms with van der Waals surface area (Å²) in [6.45, 7) is 2.14. The Morgan fingerprint density at radius 1 is 1.45 bits per heavy atom. The van der Waals surface area contributed by atoms with Gasteiger partial charge < -0.3 is 10.4 Å². The minimum absolute atomic E-state index is 0.0551. The summed E-state index contributed by atoms with van der Waals surface area (Å²) in [6.07, 6.45) is 6.44. The van der Waals surface area contributed by atoms with Crippen molar-refractivity contribution in [2.45, 2.75) is 44.6 Å². The van der Waals surface area contributed by atoms with Crippen LogP contribution in [-0.2, 0) is 0 Å². The van der Waals surface area contributed by atoms with Gasteiger partial charge in [0.05, 0.1) is 6.61 Å². The second-order valence-electron chi connectivity index (χ2n) is 5.43. The van der Waals surface area contributed by atoms with Gasteiger partial charge in [-0.2, -0.15) is 0 Å². The van der Waals surface area contributed by atoms with Crippen LogP contribution in [0.4, 0.5) is 0 Å². The van der Waals surface area contributed by atoms with Gasteiger partial charge in [-0.15, -0.1) is 0 Å². The lowest BCUT2D eigenvalue weighted by molar-refractivity contribution is 0.0903. The highest BCUT2D eigenvalue weighted by atomic mass is 16.2. The zero-order valence-electron chi connectivity index (χ0n) is 11.8. The van der Waals surface area contributed by atoms with Gasteiger partial charge in [0.1, 0.15) is 5.69 Å². The molecule has 1 saturated carbocycles. The molecule has 20 heavy (non-hydrogen) atoms. The number of amides is 1. The highest BCUT2D eigenvalue weighted by Crippen LogP contribution is 2.29. The maximum atomic E-state index is 12.1. The average Bonchev–Trinajstić information content (AvgIpc) is 2.86. The minimum atomic E-state index is -0.121. The number of aliphatic hydroxyl groups excluding tert-OH is 1. The molecule has 1 aliphatic rings. The molecule has 0 saturated heterocycles. The largest absolute Gasteiger partial charge is 0.395 e. The SMILES string of the molecule is CC1(NC(=O)c2ccc(C#CCCO)cn2)CCCC1. The molecule has 1 amide bonds. The van der Waals surface area contributed by atoms with E-state index in [1.54, 1.807) is 18.3 Å². The summed E-state index contributed by atoms with van der Waals surface area (Å²) in [6, 6.07) is 3.47. The van der Waals surface area contributed by atoms with Crippen molar-refractivity contribution in [2.75, 3.05) is 6.61 Å². The molecule has 0 aromatic carbocycles. The van der Waals surface area contributed by atoms with Crippen LogP contribution in [0.5, 0.6) is 0 Å². The van der Waals surface area contributed by atoms with Gasteiger partial charge in [0.15, 0.2) is 0 Å². The molecule has 0 radical (unpaired) electrons. The van der Waals surface area contributed by atoms with Crippen molar-refractivity contribution in [2.24, 2.45) is 0 Å². The van der Waals surface area contributed by atoms with E-state index < -0.39 is 0 Å². The van der Waals surface area contributed by atoms with Crippen LogP contribution in [0.3, 0.4) is 0 Å². The molecular weight excluding hydrogens is 252 g/mol. The molecule has 1 aliphatic carbocycles. The molecule has 0 atom stereocenters. The van der Waals surface area contributed by atoms with Gasteiger partial charge >= 0.3 is 0 Å². The van der Waals surface area contributed by atoms with Gasteiger partial charge in [-0.25, -0.2) is 4.98 Å². The van der Waals surface area contributed by atoms with Gasteiger partial charge in [-0.1, -0.05) is 24.7 Å². The Morgan fingerprint density at radius 2 is 2.20 bits per heavy atom. The van der Waals surface area contributed by atoms with Gasteiger partial charge in [0.25, 0.3) is 5.91 Å². The van der Waals surface area contributed by atoms with Crippen molar-refractivity contribution in [3.05, 3.63) is 29.6 Å². The second kappa shape index (κ2) is 6.53. The number of nitrogens with one attached hydrogen (secondary N) is 1. The third-order valence-corrected chi connectivity index (χ3v) is 3.59. The number of pyridine rings is 1. The molecule has 1 heterocycles. The predicted octanol–water partition coefficient (Wildman–Crippen LogP) is 1.88. The summed E-state index contributed by atoms with van der Waals surface area (Å²) in [7, 11) is 0. The topological polar surface area (TPSA) is 62.2 Å². The lowest BCUT2D eigenvalue weighted by Gasteiger charge is -2.24. The van der Waals surface area contributed by atoms with E-state index in [4.69, 9.17) is 5.11 Å². The standard InChI is InChI=1S/C16H20N2O2/c1-16(9-3-4-10-16)18-15(20)14-8-7-13(12-17-14)6-2-5-11-19/h7-8,12,19H,3-5,9-11H2,1H3,(H,18,20). The van der Waals surface area contributed by atoms with Crippen molar-refractivity contribution in [3.63, 3.8) is 0 Å². The highest BCUT2D eigenvalue weighted by molar-refractivity contribution is 5.92. The number of hydrogen-bond donors (Lipinski definition) is 2. The molecule has 1 aromatic rings. The van der Waals surface area contributed by atoms with E-state index in [0.29, 0.717) is 12.1 Å². The summed E-state index contributed by atoms with van der Waals surface area (Å²) in [5, 5.41) is 11.7. The molecule has 0 spiro atoms. The van der Waals surface area contributed by atoms with Crippen LogP contribution in [0.25, 0.3) is 0 Å². The van der Waals surface area contributed by atoms with Crippen LogP contribution in [0.2, 0.25) is 0 Å². The zero-order chi connectivity index (χ0) is 14.4. The molecule has 0 bridgehead atoms. The molecule has 0 unspecified atom stereocenters. The van der Waals surface area contributed by atoms with E-state index in [1.807, 2.05) is 0 Å². The molecule has 0 aliphatic heterocycles. The average molecular weight is 272 g/mol. The Hall–Kier alpha value is -1.86. The minimum Gasteiger partial charge on any atom is -0.395 e. The molecule has 4 nitrogen and oxygen atoms in total. The molecule has 1 fully saturated rings. The Bertz CT molecular complexity index is 520. The summed E-state index contributed by atoms with van der Waals surface area (Å²) in [5.41, 5.74) is 1.09. The van der Waals surface area contributed by atoms with Crippen molar-refractivity contribution >= 4 is 5.91 Å². The Labute approximate surface area is 119 Å². The molecular formula is C16H20N2O2. The fraction of sp³-hybridized carbons (Fsp3) is 0.500. The lowest BCUT2D eigenvalue weighted by atomic mass is 10.0. The van der Waals surface area contributed by atoms with Crippen molar-refractivity contribution in [3.8, 4) is 11.8 Å². The third kappa shape index (κ3) is 3.82. The first kappa shape index (κ1) is 14.5. The smallest absolute Gasteiger partial charge is 0.270 e. The number of carbonyl (C=O) groups is 1. The van der Waals surface area contributed by atoms with Crippen LogP contribution in [-0.4, -0.2) is 28.1 Å². The maximum Gasteiger partial charge on any atom is 0.270 e. The van der Waals surface area contributed by atoms with E-state index in [1.165, 1.54) is 12.8 Å². The summed E-state index contributed by atoms with van der Waals surface area (Å²) >= 11 is 0. The van der Waals surface area contributed by atoms with Crippen LogP contribution in [0.1, 0.15) is 55.1 Å². The van der Waals surface area contributed by atoms with Crippen LogP contribution >= 0.6 is 0 Å². The Balaban J connectivity index is 1.99. The van der Waals surface area contributed by atoms with E-state index in [-0.39, 0.29) is 18.1 Å². The first-order chi connectivity index (χ1) is 9.63. The van der Waals surface area contributed by atoms with Crippen LogP contribution in [0.15, 0.2) is 18.3 Å². The fourth-order valence-corrected chi connectivity index (χ4v) is 2.44. The van der Waals surface area contributed by atoms with E-state index in [9.17, 15) is 4.79 Å². The molecule has 2 rings (SSSR count). The summed E-state index contributed by atoms with van der Waals surface area (Å²) in [4.78, 5) is 16.3. The van der Waals surface area contributed by atoms with Gasteiger partial charge in [-0.05, 0) is 31.9 Å². The van der Waals surface area contributed by atoms with Crippen molar-refractivity contribution < 1.29 is 9.90 Å². The van der Waals surface area contributed by atoms with Crippen LogP contribution in [0, 0.1) is 11.8 Å². The van der Waals surface area contributed by atoms with Gasteiger partial charge in [0, 0.05) is 23.7 Å². The highest BCUT2D eigenvalue weighted by Gasteiger charge is 2.30. The molecule has 1 aromatic heterocycles. The zero-order valence-corrected chi connectivity index (χ0v) is 11.8. The normalized spacial score (nSPS) is 16.3. The Kier molecular flexibility index (Phi) is 4.75. The molecule has 106 valence electrons. The number of aliphatic hydroxyl groups is 1. The summed E-state index contributed by atoms with van der Waals surface area (Å²) in [5.74, 6) is 5.59. The monoisotopic (exact) mass is 272 g/mol. The molecule has 2 N–H and O–H groups in total. The molecule has 4 heteroatoms. The van der Waals surface area contributed by atoms with Crippen molar-refractivity contribution in [1.29, 1.82) is 0 Å². The van der Waals surface area contributed by atoms with E-state index in [0.717, 1.165) is 18.4 Å². The quantitative estimate of drug-likeness (QED) is 0.826. The number of carbonyl (C=O) groups excluding carboxylic acids is 1. The predicted molar refractivity (Wildman–Crippen MR) is 77.2 cm³/mol. The first-order valence-corrected chi connectivity index (χ1v) is 7.01. The maximum absolute atomic E-state index is 12.1. The van der Waals surface area contributed by atoms with E-state index in [2.05, 4.69) is 29.1 Å². The van der Waals surface area contributed by atoms with Gasteiger partial charge in [-0.3, -0.25) is 4.79 Å². The van der Waals surface area contributed by atoms with E-state index >= 15 is 0 Å². The number of aromatic nitrogens is 1. The second-order valence-corrected chi connectivity index (χ2v) is 5.43. The first-order valence-electron chi connectivity index (χ1n) is 7.01. The lowest BCUT2D eigenvalue weighted by Crippen LogP contribution is -2.43. The number of hydrogen-bond acceptors (Lipinski definition) is 3.